The van der Waals surface area contributed by atoms with E-state index < -0.39 is 0 Å². The van der Waals surface area contributed by atoms with Crippen LogP contribution in [-0.4, -0.2) is 57.3 Å². The summed E-state index contributed by atoms with van der Waals surface area (Å²) in [6.45, 7) is 2.69. The third-order valence-electron chi connectivity index (χ3n) is 5.36. The van der Waals surface area contributed by atoms with Crippen molar-refractivity contribution < 1.29 is 14.2 Å². The van der Waals surface area contributed by atoms with Crippen LogP contribution >= 0.6 is 0 Å². The first kappa shape index (κ1) is 21.6. The topological polar surface area (TPSA) is 100 Å². The molecule has 0 aliphatic rings. The number of fused-ring (bicyclic) bond motifs is 1. The van der Waals surface area contributed by atoms with Crippen LogP contribution in [0, 0.1) is 12.7 Å². The second-order valence-corrected chi connectivity index (χ2v) is 7.57. The molecular weight excluding hydrogens is 411 g/mol. The van der Waals surface area contributed by atoms with Gasteiger partial charge in [-0.05, 0) is 36.6 Å². The summed E-state index contributed by atoms with van der Waals surface area (Å²) in [7, 11) is 3.43. The molecule has 0 saturated heterocycles. The summed E-state index contributed by atoms with van der Waals surface area (Å²) in [5.41, 5.74) is 4.90. The highest BCUT2D eigenvalue weighted by atomic mass is 19.1. The third kappa shape index (κ3) is 4.38. The van der Waals surface area contributed by atoms with E-state index in [-0.39, 0.29) is 12.4 Å². The molecular formula is C23H25FN6O2. The molecule has 0 fully saturated rings. The van der Waals surface area contributed by atoms with Gasteiger partial charge in [0.2, 0.25) is 11.8 Å². The normalized spacial score (nSPS) is 11.2. The summed E-state index contributed by atoms with van der Waals surface area (Å²) in [6.07, 6.45) is 5.99. The molecule has 0 saturated carbocycles. The zero-order valence-electron chi connectivity index (χ0n) is 18.3. The highest BCUT2D eigenvalue weighted by molar-refractivity contribution is 5.80. The van der Waals surface area contributed by atoms with Gasteiger partial charge in [0, 0.05) is 50.1 Å². The number of hydrogen-bond donors (Lipinski definition) is 2. The van der Waals surface area contributed by atoms with Crippen LogP contribution in [0.25, 0.3) is 22.3 Å². The SMILES string of the molecule is COc1nc(N(C)CCCO)ncc1-c1ccc(Cc2c[nH]c3ncc(F)cc23)c(C)n1. The lowest BCUT2D eigenvalue weighted by Gasteiger charge is -2.18. The Bertz CT molecular complexity index is 1240. The molecule has 0 amide bonds. The Hall–Kier alpha value is -3.59. The van der Waals surface area contributed by atoms with Crippen molar-refractivity contribution in [1.29, 1.82) is 0 Å². The maximum absolute atomic E-state index is 13.6. The average molecular weight is 436 g/mol. The van der Waals surface area contributed by atoms with Gasteiger partial charge in [-0.3, -0.25) is 4.98 Å². The molecule has 8 nitrogen and oxygen atoms in total. The molecule has 0 spiro atoms. The zero-order chi connectivity index (χ0) is 22.7. The van der Waals surface area contributed by atoms with Gasteiger partial charge >= 0.3 is 0 Å². The molecule has 0 aliphatic heterocycles. The molecule has 4 aromatic heterocycles. The van der Waals surface area contributed by atoms with Crippen LogP contribution in [0.3, 0.4) is 0 Å². The van der Waals surface area contributed by atoms with Crippen molar-refractivity contribution in [2.75, 3.05) is 32.2 Å². The van der Waals surface area contributed by atoms with E-state index in [1.54, 1.807) is 13.3 Å². The van der Waals surface area contributed by atoms with Gasteiger partial charge in [0.25, 0.3) is 0 Å². The van der Waals surface area contributed by atoms with Crippen LogP contribution in [-0.2, 0) is 6.42 Å². The lowest BCUT2D eigenvalue weighted by molar-refractivity contribution is 0.290. The van der Waals surface area contributed by atoms with Gasteiger partial charge in [-0.15, -0.1) is 0 Å². The zero-order valence-corrected chi connectivity index (χ0v) is 18.3. The number of halogens is 1. The Labute approximate surface area is 185 Å². The number of hydrogen-bond acceptors (Lipinski definition) is 7. The summed E-state index contributed by atoms with van der Waals surface area (Å²) >= 11 is 0. The highest BCUT2D eigenvalue weighted by Gasteiger charge is 2.15. The molecule has 0 aromatic carbocycles. The number of anilines is 1. The number of methoxy groups -OCH3 is 1. The Morgan fingerprint density at radius 2 is 2.00 bits per heavy atom. The second kappa shape index (κ2) is 9.27. The van der Waals surface area contributed by atoms with Crippen molar-refractivity contribution in [2.45, 2.75) is 19.8 Å². The maximum Gasteiger partial charge on any atom is 0.228 e. The molecule has 0 atom stereocenters. The van der Waals surface area contributed by atoms with E-state index in [1.165, 1.54) is 12.3 Å². The minimum atomic E-state index is -0.360. The number of rotatable bonds is 8. The fraction of sp³-hybridized carbons (Fsp3) is 0.304. The van der Waals surface area contributed by atoms with Gasteiger partial charge in [-0.25, -0.2) is 14.4 Å². The predicted molar refractivity (Wildman–Crippen MR) is 120 cm³/mol. The van der Waals surface area contributed by atoms with Crippen molar-refractivity contribution >= 4 is 17.0 Å². The Morgan fingerprint density at radius 3 is 2.75 bits per heavy atom. The maximum atomic E-state index is 13.6. The van der Waals surface area contributed by atoms with Gasteiger partial charge in [0.05, 0.1) is 24.6 Å². The predicted octanol–water partition coefficient (Wildman–Crippen LogP) is 3.28. The van der Waals surface area contributed by atoms with Crippen molar-refractivity contribution in [2.24, 2.45) is 0 Å². The van der Waals surface area contributed by atoms with Gasteiger partial charge in [-0.2, -0.15) is 4.98 Å². The molecule has 0 bridgehead atoms. The van der Waals surface area contributed by atoms with Crippen LogP contribution in [0.2, 0.25) is 0 Å². The summed E-state index contributed by atoms with van der Waals surface area (Å²) in [6, 6.07) is 5.41. The smallest absolute Gasteiger partial charge is 0.228 e. The number of aliphatic hydroxyl groups excluding tert-OH is 1. The van der Waals surface area contributed by atoms with Crippen LogP contribution < -0.4 is 9.64 Å². The summed E-state index contributed by atoms with van der Waals surface area (Å²) in [5, 5.41) is 9.80. The van der Waals surface area contributed by atoms with E-state index in [0.717, 1.165) is 22.2 Å². The van der Waals surface area contributed by atoms with Crippen molar-refractivity contribution in [3.63, 3.8) is 0 Å². The Morgan fingerprint density at radius 1 is 1.16 bits per heavy atom. The van der Waals surface area contributed by atoms with Crippen LogP contribution in [0.4, 0.5) is 10.3 Å². The number of ether oxygens (including phenoxy) is 1. The van der Waals surface area contributed by atoms with E-state index in [4.69, 9.17) is 14.8 Å². The quantitative estimate of drug-likeness (QED) is 0.437. The molecule has 2 N–H and O–H groups in total. The Kier molecular flexibility index (Phi) is 6.27. The number of aromatic nitrogens is 5. The monoisotopic (exact) mass is 436 g/mol. The lowest BCUT2D eigenvalue weighted by Crippen LogP contribution is -2.22. The number of pyridine rings is 2. The van der Waals surface area contributed by atoms with Crippen molar-refractivity contribution in [1.82, 2.24) is 24.9 Å². The van der Waals surface area contributed by atoms with E-state index in [9.17, 15) is 4.39 Å². The highest BCUT2D eigenvalue weighted by Crippen LogP contribution is 2.29. The van der Waals surface area contributed by atoms with Crippen LogP contribution in [0.1, 0.15) is 23.2 Å². The number of aryl methyl sites for hydroxylation is 1. The van der Waals surface area contributed by atoms with Crippen molar-refractivity contribution in [3.05, 3.63) is 59.4 Å². The number of nitrogens with zero attached hydrogens (tertiary/aromatic N) is 5. The summed E-state index contributed by atoms with van der Waals surface area (Å²) < 4.78 is 19.1. The van der Waals surface area contributed by atoms with E-state index in [1.807, 2.05) is 37.2 Å². The fourth-order valence-electron chi connectivity index (χ4n) is 3.59. The number of aromatic amines is 1. The molecule has 166 valence electrons. The van der Waals surface area contributed by atoms with E-state index >= 15 is 0 Å². The van der Waals surface area contributed by atoms with Gasteiger partial charge in [-0.1, -0.05) is 6.07 Å². The minimum Gasteiger partial charge on any atom is -0.480 e. The molecule has 9 heteroatoms. The first-order valence-electron chi connectivity index (χ1n) is 10.3. The van der Waals surface area contributed by atoms with E-state index in [0.29, 0.717) is 48.1 Å². The number of H-pyrrole nitrogens is 1. The molecule has 4 aromatic rings. The second-order valence-electron chi connectivity index (χ2n) is 7.57. The largest absolute Gasteiger partial charge is 0.480 e. The van der Waals surface area contributed by atoms with Gasteiger partial charge < -0.3 is 19.7 Å². The van der Waals surface area contributed by atoms with Crippen LogP contribution in [0.5, 0.6) is 5.88 Å². The molecule has 0 aliphatic carbocycles. The number of aliphatic hydroxyl groups is 1. The lowest BCUT2D eigenvalue weighted by atomic mass is 10.0. The molecule has 4 heterocycles. The summed E-state index contributed by atoms with van der Waals surface area (Å²) in [5.74, 6) is 0.595. The van der Waals surface area contributed by atoms with Crippen LogP contribution in [0.15, 0.2) is 36.8 Å². The Balaban J connectivity index is 1.60. The van der Waals surface area contributed by atoms with Gasteiger partial charge in [0.1, 0.15) is 11.5 Å². The molecule has 4 rings (SSSR count). The van der Waals surface area contributed by atoms with E-state index in [2.05, 4.69) is 19.9 Å². The number of nitrogens with one attached hydrogen (secondary N) is 1. The first-order chi connectivity index (χ1) is 15.5. The molecule has 32 heavy (non-hydrogen) atoms. The first-order valence-corrected chi connectivity index (χ1v) is 10.3. The molecule has 0 radical (unpaired) electrons. The summed E-state index contributed by atoms with van der Waals surface area (Å²) in [4.78, 5) is 22.7. The van der Waals surface area contributed by atoms with Crippen molar-refractivity contribution in [3.8, 4) is 17.1 Å². The minimum absolute atomic E-state index is 0.110. The fourth-order valence-corrected chi connectivity index (χ4v) is 3.59. The standard InChI is InChI=1S/C23H25FN6O2/c1-14-15(9-16-11-25-21-18(16)10-17(24)12-26-21)5-6-20(28-14)19-13-27-23(29-22(19)32-3)30(2)7-4-8-31/h5-6,10-13,31H,4,7-9H2,1-3H3,(H,25,26). The molecule has 0 unspecified atom stereocenters. The van der Waals surface area contributed by atoms with Gasteiger partial charge in [0.15, 0.2) is 0 Å². The third-order valence-corrected chi connectivity index (χ3v) is 5.36. The average Bonchev–Trinajstić information content (AvgIpc) is 3.20.